The summed E-state index contributed by atoms with van der Waals surface area (Å²) in [5.74, 6) is 0. The molecule has 0 aromatic heterocycles. The normalized spacial score (nSPS) is 12.2. The van der Waals surface area contributed by atoms with Crippen molar-refractivity contribution < 1.29 is 21.7 Å². The van der Waals surface area contributed by atoms with Crippen LogP contribution in [0.2, 0.25) is 0 Å². The zero-order chi connectivity index (χ0) is 10.9. The van der Waals surface area contributed by atoms with Gasteiger partial charge in [-0.25, -0.2) is 8.78 Å². The van der Waals surface area contributed by atoms with Crippen LogP contribution in [0.4, 0.5) is 21.7 Å². The van der Waals surface area contributed by atoms with Crippen LogP contribution in [0.3, 0.4) is 0 Å². The Bertz CT molecular complexity index is 331. The zero-order valence-electron chi connectivity index (χ0n) is 7.28. The van der Waals surface area contributed by atoms with Gasteiger partial charge in [0.15, 0.2) is 0 Å². The van der Waals surface area contributed by atoms with E-state index in [9.17, 15) is 21.7 Å². The summed E-state index contributed by atoms with van der Waals surface area (Å²) in [6, 6.07) is 2.82. The summed E-state index contributed by atoms with van der Waals surface area (Å²) in [5, 5.41) is 0. The molecule has 78 valence electrons. The molecule has 1 rings (SSSR count). The Kier molecular flexibility index (Phi) is 2.82. The van der Waals surface area contributed by atoms with Gasteiger partial charge in [0.05, 0.1) is 0 Å². The molecule has 0 radical (unpaired) electrons. The Hall–Kier alpha value is -1.07. The van der Waals surface area contributed by atoms with E-state index in [-0.39, 0.29) is 0 Å². The molecule has 0 aliphatic carbocycles. The molecule has 0 unspecified atom stereocenters. The number of rotatable bonds is 2. The van der Waals surface area contributed by atoms with Crippen LogP contribution in [0.1, 0.15) is 17.6 Å². The number of aryl methyl sites for hydroxylation is 1. The summed E-state index contributed by atoms with van der Waals surface area (Å²) in [6.07, 6.45) is -3.09. The molecule has 6 heteroatoms. The second-order valence-corrected chi connectivity index (χ2v) is 3.01. The molecule has 1 aromatic rings. The lowest BCUT2D eigenvalue weighted by molar-refractivity contribution is 0.152. The number of alkyl halides is 2. The fourth-order valence-corrected chi connectivity index (χ4v) is 1.18. The van der Waals surface area contributed by atoms with Gasteiger partial charge >= 0.3 is 6.98 Å². The van der Waals surface area contributed by atoms with E-state index < -0.39 is 24.4 Å². The Labute approximate surface area is 77.8 Å². The van der Waals surface area contributed by atoms with E-state index in [4.69, 9.17) is 0 Å². The lowest BCUT2D eigenvalue weighted by Gasteiger charge is -2.19. The quantitative estimate of drug-likeness (QED) is 0.518. The molecule has 0 N–H and O–H groups in total. The van der Waals surface area contributed by atoms with Crippen molar-refractivity contribution in [3.63, 3.8) is 0 Å². The molecule has 0 amide bonds. The maximum Gasteiger partial charge on any atom is 0.510 e. The molecule has 0 saturated heterocycles. The third kappa shape index (κ3) is 2.24. The van der Waals surface area contributed by atoms with Gasteiger partial charge in [-0.3, -0.25) is 0 Å². The van der Waals surface area contributed by atoms with E-state index in [1.165, 1.54) is 13.0 Å². The largest absolute Gasteiger partial charge is 0.510 e. The van der Waals surface area contributed by atoms with Crippen molar-refractivity contribution in [2.24, 2.45) is 0 Å². The van der Waals surface area contributed by atoms with Crippen molar-refractivity contribution in [1.29, 1.82) is 0 Å². The third-order valence-corrected chi connectivity index (χ3v) is 1.83. The maximum atomic E-state index is 12.3. The van der Waals surface area contributed by atoms with Crippen LogP contribution in [-0.4, -0.2) is 6.98 Å². The molecule has 0 atom stereocenters. The minimum atomic E-state index is -5.37. The summed E-state index contributed by atoms with van der Waals surface area (Å²) in [7, 11) is 0. The average molecular weight is 209 g/mol. The predicted octanol–water partition coefficient (Wildman–Crippen LogP) is 2.99. The number of halogens is 5. The summed E-state index contributed by atoms with van der Waals surface area (Å²) in [5.41, 5.74) is -1.81. The molecule has 0 fully saturated rings. The van der Waals surface area contributed by atoms with Gasteiger partial charge in [0.2, 0.25) is 0 Å². The Balaban J connectivity index is 3.30. The molecule has 0 aliphatic heterocycles. The molecule has 0 spiro atoms. The van der Waals surface area contributed by atoms with E-state index in [1.54, 1.807) is 0 Å². The number of hydrogen-bond acceptors (Lipinski definition) is 0. The van der Waals surface area contributed by atoms with E-state index in [1.807, 2.05) is 0 Å². The molecule has 0 bridgehead atoms. The van der Waals surface area contributed by atoms with Crippen LogP contribution in [-0.2, 0) is 0 Å². The average Bonchev–Trinajstić information content (AvgIpc) is 2.01. The van der Waals surface area contributed by atoms with Gasteiger partial charge in [-0.15, -0.1) is 0 Å². The van der Waals surface area contributed by atoms with Gasteiger partial charge in [0.25, 0.3) is 6.43 Å². The topological polar surface area (TPSA) is 0 Å². The molecule has 0 aliphatic rings. The van der Waals surface area contributed by atoms with Crippen molar-refractivity contribution in [2.45, 2.75) is 13.3 Å². The summed E-state index contributed by atoms with van der Waals surface area (Å²) in [4.78, 5) is 0. The molecule has 0 saturated carbocycles. The first-order valence-electron chi connectivity index (χ1n) is 3.91. The van der Waals surface area contributed by atoms with Crippen LogP contribution in [0.25, 0.3) is 0 Å². The van der Waals surface area contributed by atoms with Gasteiger partial charge < -0.3 is 12.9 Å². The van der Waals surface area contributed by atoms with Crippen LogP contribution >= 0.6 is 0 Å². The minimum Gasteiger partial charge on any atom is -0.445 e. The van der Waals surface area contributed by atoms with E-state index in [0.717, 1.165) is 12.1 Å². The first-order chi connectivity index (χ1) is 6.32. The lowest BCUT2D eigenvalue weighted by Crippen LogP contribution is -2.37. The van der Waals surface area contributed by atoms with Gasteiger partial charge in [-0.2, -0.15) is 0 Å². The fourth-order valence-electron chi connectivity index (χ4n) is 1.18. The van der Waals surface area contributed by atoms with Crippen LogP contribution in [0.5, 0.6) is 0 Å². The highest BCUT2D eigenvalue weighted by atomic mass is 19.4. The van der Waals surface area contributed by atoms with Crippen molar-refractivity contribution in [3.05, 3.63) is 29.3 Å². The van der Waals surface area contributed by atoms with Gasteiger partial charge in [0.1, 0.15) is 0 Å². The fraction of sp³-hybridized carbons (Fsp3) is 0.250. The minimum absolute atomic E-state index is 0.323. The van der Waals surface area contributed by atoms with Crippen molar-refractivity contribution >= 4 is 12.4 Å². The smallest absolute Gasteiger partial charge is 0.445 e. The highest BCUT2D eigenvalue weighted by Gasteiger charge is 2.30. The maximum absolute atomic E-state index is 12.3. The predicted molar refractivity (Wildman–Crippen MR) is 44.8 cm³/mol. The summed E-state index contributed by atoms with van der Waals surface area (Å²) >= 11 is 0. The standard InChI is InChI=1S/C8H7BF5/c1-5-2-3-6(8(10)11)7(4-5)9(12,13)14/h2-4,8H,1H3/q-1. The second kappa shape index (κ2) is 3.59. The second-order valence-electron chi connectivity index (χ2n) is 3.01. The molecule has 0 heterocycles. The van der Waals surface area contributed by atoms with E-state index in [0.29, 0.717) is 5.56 Å². The summed E-state index contributed by atoms with van der Waals surface area (Å²) < 4.78 is 61.4. The van der Waals surface area contributed by atoms with Crippen LogP contribution in [0, 0.1) is 6.92 Å². The van der Waals surface area contributed by atoms with Crippen molar-refractivity contribution in [2.75, 3.05) is 0 Å². The number of hydrogen-bond donors (Lipinski definition) is 0. The first-order valence-corrected chi connectivity index (χ1v) is 3.91. The Morgan fingerprint density at radius 1 is 1.14 bits per heavy atom. The summed E-state index contributed by atoms with van der Waals surface area (Å²) in [6.45, 7) is -3.94. The third-order valence-electron chi connectivity index (χ3n) is 1.83. The highest BCUT2D eigenvalue weighted by molar-refractivity contribution is 6.74. The first kappa shape index (κ1) is 11.0. The van der Waals surface area contributed by atoms with Crippen molar-refractivity contribution in [1.82, 2.24) is 0 Å². The van der Waals surface area contributed by atoms with Crippen LogP contribution < -0.4 is 5.46 Å². The van der Waals surface area contributed by atoms with Crippen molar-refractivity contribution in [3.8, 4) is 0 Å². The molecular weight excluding hydrogens is 202 g/mol. The number of benzene rings is 1. The molecular formula is C8H7BF5-. The monoisotopic (exact) mass is 209 g/mol. The Morgan fingerprint density at radius 2 is 1.71 bits per heavy atom. The van der Waals surface area contributed by atoms with E-state index in [2.05, 4.69) is 0 Å². The SMILES string of the molecule is Cc1ccc(C(F)F)c([B-](F)(F)F)c1. The van der Waals surface area contributed by atoms with Crippen LogP contribution in [0.15, 0.2) is 18.2 Å². The van der Waals surface area contributed by atoms with Gasteiger partial charge in [-0.1, -0.05) is 29.2 Å². The molecule has 1 aromatic carbocycles. The molecule has 14 heavy (non-hydrogen) atoms. The highest BCUT2D eigenvalue weighted by Crippen LogP contribution is 2.22. The van der Waals surface area contributed by atoms with E-state index >= 15 is 0 Å². The van der Waals surface area contributed by atoms with Gasteiger partial charge in [0, 0.05) is 0 Å². The Morgan fingerprint density at radius 3 is 2.14 bits per heavy atom. The molecule has 0 nitrogen and oxygen atoms in total. The zero-order valence-corrected chi connectivity index (χ0v) is 7.28. The lowest BCUT2D eigenvalue weighted by atomic mass is 9.76. The van der Waals surface area contributed by atoms with Gasteiger partial charge in [-0.05, 0) is 12.5 Å².